The maximum absolute atomic E-state index is 4.54. The van der Waals surface area contributed by atoms with Gasteiger partial charge in [0.25, 0.3) is 0 Å². The monoisotopic (exact) mass is 269 g/mol. The van der Waals surface area contributed by atoms with Crippen LogP contribution >= 0.6 is 0 Å². The maximum Gasteiger partial charge on any atom is 0.0861 e. The molecule has 0 spiro atoms. The maximum atomic E-state index is 4.54. The van der Waals surface area contributed by atoms with Crippen molar-refractivity contribution in [3.63, 3.8) is 0 Å². The van der Waals surface area contributed by atoms with Crippen molar-refractivity contribution in [2.24, 2.45) is 15.9 Å². The van der Waals surface area contributed by atoms with Gasteiger partial charge in [-0.3, -0.25) is 9.98 Å². The zero-order chi connectivity index (χ0) is 14.8. The summed E-state index contributed by atoms with van der Waals surface area (Å²) >= 11 is 0. The Kier molecular flexibility index (Phi) is 7.04. The summed E-state index contributed by atoms with van der Waals surface area (Å²) in [5, 5.41) is 3.13. The molecule has 0 saturated carbocycles. The fourth-order valence-corrected chi connectivity index (χ4v) is 1.87. The standard InChI is InChI=1S/C17H23N3/c1-5-8-14(2)11-15(12-18-3)13-20-17-10-7-6-9-16(17)19-4/h5-14,19H,1-4H3/b8-5+,15-11+,18-12?,20-13?. The minimum Gasteiger partial charge on any atom is -0.386 e. The van der Waals surface area contributed by atoms with Crippen LogP contribution in [0.4, 0.5) is 11.4 Å². The Morgan fingerprint density at radius 1 is 1.25 bits per heavy atom. The van der Waals surface area contributed by atoms with Crippen molar-refractivity contribution in [1.29, 1.82) is 0 Å². The predicted molar refractivity (Wildman–Crippen MR) is 90.6 cm³/mol. The van der Waals surface area contributed by atoms with Gasteiger partial charge in [-0.25, -0.2) is 0 Å². The molecule has 3 heteroatoms. The van der Waals surface area contributed by atoms with Gasteiger partial charge in [0.1, 0.15) is 0 Å². The molecule has 0 aliphatic heterocycles. The highest BCUT2D eigenvalue weighted by Gasteiger charge is 1.98. The average Bonchev–Trinajstić information content (AvgIpc) is 2.45. The molecular formula is C17H23N3. The molecule has 0 amide bonds. The lowest BCUT2D eigenvalue weighted by Gasteiger charge is -2.04. The molecule has 1 aromatic rings. The first-order valence-corrected chi connectivity index (χ1v) is 6.79. The van der Waals surface area contributed by atoms with Gasteiger partial charge in [-0.15, -0.1) is 0 Å². The van der Waals surface area contributed by atoms with Crippen LogP contribution in [0.5, 0.6) is 0 Å². The molecule has 0 radical (unpaired) electrons. The molecule has 0 aromatic heterocycles. The molecule has 20 heavy (non-hydrogen) atoms. The molecule has 0 aliphatic rings. The Hall–Kier alpha value is -2.16. The number of hydrogen-bond acceptors (Lipinski definition) is 3. The van der Waals surface area contributed by atoms with Gasteiger partial charge in [-0.1, -0.05) is 37.3 Å². The van der Waals surface area contributed by atoms with E-state index in [0.717, 1.165) is 16.9 Å². The lowest BCUT2D eigenvalue weighted by molar-refractivity contribution is 0.936. The van der Waals surface area contributed by atoms with E-state index in [1.54, 1.807) is 7.05 Å². The molecule has 1 N–H and O–H groups in total. The minimum absolute atomic E-state index is 0.360. The van der Waals surface area contributed by atoms with Crippen molar-refractivity contribution in [3.05, 3.63) is 48.1 Å². The second-order valence-corrected chi connectivity index (χ2v) is 4.46. The quantitative estimate of drug-likeness (QED) is 0.607. The van der Waals surface area contributed by atoms with E-state index in [1.165, 1.54) is 0 Å². The van der Waals surface area contributed by atoms with Gasteiger partial charge in [-0.05, 0) is 25.0 Å². The molecule has 0 aliphatic carbocycles. The summed E-state index contributed by atoms with van der Waals surface area (Å²) < 4.78 is 0. The number of allylic oxidation sites excluding steroid dienone is 4. The van der Waals surface area contributed by atoms with Gasteiger partial charge < -0.3 is 5.32 Å². The van der Waals surface area contributed by atoms with Crippen LogP contribution in [-0.2, 0) is 0 Å². The van der Waals surface area contributed by atoms with Crippen LogP contribution in [0.2, 0.25) is 0 Å². The third kappa shape index (κ3) is 5.22. The summed E-state index contributed by atoms with van der Waals surface area (Å²) in [6.45, 7) is 4.16. The first kappa shape index (κ1) is 15.9. The number of nitrogens with one attached hydrogen (secondary N) is 1. The summed E-state index contributed by atoms with van der Waals surface area (Å²) in [6, 6.07) is 7.96. The smallest absolute Gasteiger partial charge is 0.0861 e. The number of rotatable bonds is 6. The number of para-hydroxylation sites is 2. The minimum atomic E-state index is 0.360. The molecule has 0 fully saturated rings. The van der Waals surface area contributed by atoms with Crippen LogP contribution in [0, 0.1) is 5.92 Å². The zero-order valence-electron chi connectivity index (χ0n) is 12.7. The van der Waals surface area contributed by atoms with E-state index in [9.17, 15) is 0 Å². The molecule has 0 saturated heterocycles. The van der Waals surface area contributed by atoms with E-state index in [1.807, 2.05) is 50.7 Å². The first-order valence-electron chi connectivity index (χ1n) is 6.79. The second-order valence-electron chi connectivity index (χ2n) is 4.46. The highest BCUT2D eigenvalue weighted by molar-refractivity contribution is 6.05. The van der Waals surface area contributed by atoms with E-state index in [0.29, 0.717) is 5.92 Å². The lowest BCUT2D eigenvalue weighted by atomic mass is 10.1. The van der Waals surface area contributed by atoms with Gasteiger partial charge in [-0.2, -0.15) is 0 Å². The summed E-state index contributed by atoms with van der Waals surface area (Å²) in [5.74, 6) is 0.360. The Balaban J connectivity index is 2.98. The van der Waals surface area contributed by atoms with Crippen molar-refractivity contribution >= 4 is 23.8 Å². The normalized spacial score (nSPS) is 14.5. The van der Waals surface area contributed by atoms with E-state index < -0.39 is 0 Å². The van der Waals surface area contributed by atoms with Gasteiger partial charge in [0.05, 0.1) is 11.4 Å². The highest BCUT2D eigenvalue weighted by atomic mass is 14.9. The molecule has 1 rings (SSSR count). The van der Waals surface area contributed by atoms with Crippen molar-refractivity contribution in [3.8, 4) is 0 Å². The van der Waals surface area contributed by atoms with E-state index in [4.69, 9.17) is 0 Å². The van der Waals surface area contributed by atoms with E-state index in [-0.39, 0.29) is 0 Å². The number of hydrogen-bond donors (Lipinski definition) is 1. The van der Waals surface area contributed by atoms with E-state index in [2.05, 4.69) is 40.5 Å². The summed E-state index contributed by atoms with van der Waals surface area (Å²) in [7, 11) is 3.66. The molecule has 0 bridgehead atoms. The SMILES string of the molecule is C/C=C/C(C)/C=C(\C=NC)C=Nc1ccccc1NC. The fraction of sp³-hybridized carbons (Fsp3) is 0.294. The van der Waals surface area contributed by atoms with Crippen LogP contribution in [0.1, 0.15) is 13.8 Å². The topological polar surface area (TPSA) is 36.8 Å². The summed E-state index contributed by atoms with van der Waals surface area (Å²) in [5.41, 5.74) is 2.94. The molecule has 106 valence electrons. The zero-order valence-corrected chi connectivity index (χ0v) is 12.7. The molecular weight excluding hydrogens is 246 g/mol. The highest BCUT2D eigenvalue weighted by Crippen LogP contribution is 2.23. The molecule has 0 heterocycles. The van der Waals surface area contributed by atoms with Crippen LogP contribution in [-0.4, -0.2) is 26.5 Å². The van der Waals surface area contributed by atoms with Gasteiger partial charge in [0.15, 0.2) is 0 Å². The summed E-state index contributed by atoms with van der Waals surface area (Å²) in [6.07, 6.45) is 10.0. The number of nitrogens with zero attached hydrogens (tertiary/aromatic N) is 2. The Labute approximate surface area is 121 Å². The second kappa shape index (κ2) is 8.86. The first-order chi connectivity index (χ1) is 9.71. The third-order valence-corrected chi connectivity index (χ3v) is 2.76. The largest absolute Gasteiger partial charge is 0.386 e. The summed E-state index contributed by atoms with van der Waals surface area (Å²) in [4.78, 5) is 8.62. The number of anilines is 1. The van der Waals surface area contributed by atoms with Crippen molar-refractivity contribution in [2.75, 3.05) is 19.4 Å². The third-order valence-electron chi connectivity index (χ3n) is 2.76. The lowest BCUT2D eigenvalue weighted by Crippen LogP contribution is -1.93. The van der Waals surface area contributed by atoms with Gasteiger partial charge in [0, 0.05) is 32.1 Å². The van der Waals surface area contributed by atoms with Crippen LogP contribution in [0.15, 0.2) is 58.1 Å². The Morgan fingerprint density at radius 2 is 2.00 bits per heavy atom. The fourth-order valence-electron chi connectivity index (χ4n) is 1.87. The molecule has 3 nitrogen and oxygen atoms in total. The van der Waals surface area contributed by atoms with Crippen molar-refractivity contribution in [1.82, 2.24) is 0 Å². The molecule has 1 aromatic carbocycles. The van der Waals surface area contributed by atoms with Gasteiger partial charge in [0.2, 0.25) is 0 Å². The molecule has 1 unspecified atom stereocenters. The predicted octanol–water partition coefficient (Wildman–Crippen LogP) is 4.27. The Bertz CT molecular complexity index is 525. The average molecular weight is 269 g/mol. The van der Waals surface area contributed by atoms with E-state index >= 15 is 0 Å². The number of aliphatic imine (C=N–C) groups is 2. The van der Waals surface area contributed by atoms with Crippen LogP contribution in [0.3, 0.4) is 0 Å². The van der Waals surface area contributed by atoms with Crippen molar-refractivity contribution < 1.29 is 0 Å². The van der Waals surface area contributed by atoms with Crippen molar-refractivity contribution in [2.45, 2.75) is 13.8 Å². The number of benzene rings is 1. The van der Waals surface area contributed by atoms with Gasteiger partial charge >= 0.3 is 0 Å². The molecule has 1 atom stereocenters. The Morgan fingerprint density at radius 3 is 2.65 bits per heavy atom. The van der Waals surface area contributed by atoms with Crippen LogP contribution < -0.4 is 5.32 Å². The van der Waals surface area contributed by atoms with Crippen LogP contribution in [0.25, 0.3) is 0 Å².